The summed E-state index contributed by atoms with van der Waals surface area (Å²) in [5, 5.41) is 3.06. The Kier molecular flexibility index (Phi) is 13.6. The summed E-state index contributed by atoms with van der Waals surface area (Å²) < 4.78 is 15.9. The van der Waals surface area contributed by atoms with E-state index in [1.807, 2.05) is 31.2 Å². The number of guanidine groups is 1. The number of benzene rings is 1. The lowest BCUT2D eigenvalue weighted by molar-refractivity contribution is 0.145. The van der Waals surface area contributed by atoms with Crippen molar-refractivity contribution < 1.29 is 14.2 Å². The van der Waals surface area contributed by atoms with Gasteiger partial charge in [-0.05, 0) is 37.6 Å². The summed E-state index contributed by atoms with van der Waals surface area (Å²) in [5.74, 6) is 2.12. The standard InChI is InChI=1S/C16H27N3O3.HI/c1-3-21-12-4-10-18-16(17)19-11-5-13-22-15-8-6-14(20-2)7-9-15;/h6-9H,3-5,10-13H2,1-2H3,(H3,17,18,19);1H. The molecule has 0 aliphatic rings. The molecule has 0 spiro atoms. The zero-order valence-corrected chi connectivity index (χ0v) is 16.2. The highest BCUT2D eigenvalue weighted by Gasteiger charge is 1.96. The minimum atomic E-state index is 0. The molecule has 6 nitrogen and oxygen atoms in total. The van der Waals surface area contributed by atoms with Gasteiger partial charge in [0.05, 0.1) is 13.7 Å². The normalized spacial score (nSPS) is 10.8. The fraction of sp³-hybridized carbons (Fsp3) is 0.562. The number of nitrogens with zero attached hydrogens (tertiary/aromatic N) is 1. The molecule has 0 atom stereocenters. The van der Waals surface area contributed by atoms with Gasteiger partial charge in [0.2, 0.25) is 0 Å². The summed E-state index contributed by atoms with van der Waals surface area (Å²) in [6.45, 7) is 5.49. The van der Waals surface area contributed by atoms with Crippen LogP contribution in [0.5, 0.6) is 11.5 Å². The van der Waals surface area contributed by atoms with Crippen LogP contribution in [0.4, 0.5) is 0 Å². The van der Waals surface area contributed by atoms with Crippen LogP contribution in [-0.4, -0.2) is 46.0 Å². The van der Waals surface area contributed by atoms with Crippen LogP contribution in [0.3, 0.4) is 0 Å². The van der Waals surface area contributed by atoms with E-state index in [0.29, 0.717) is 19.1 Å². The zero-order chi connectivity index (χ0) is 16.0. The first-order valence-electron chi connectivity index (χ1n) is 7.64. The largest absolute Gasteiger partial charge is 0.497 e. The summed E-state index contributed by atoms with van der Waals surface area (Å²) in [6, 6.07) is 7.52. The van der Waals surface area contributed by atoms with Gasteiger partial charge < -0.3 is 25.3 Å². The lowest BCUT2D eigenvalue weighted by Gasteiger charge is -2.07. The molecule has 0 bridgehead atoms. The summed E-state index contributed by atoms with van der Waals surface area (Å²) in [4.78, 5) is 4.24. The van der Waals surface area contributed by atoms with Crippen LogP contribution >= 0.6 is 24.0 Å². The first-order valence-corrected chi connectivity index (χ1v) is 7.64. The monoisotopic (exact) mass is 437 g/mol. The number of rotatable bonds is 11. The average molecular weight is 437 g/mol. The van der Waals surface area contributed by atoms with Crippen LogP contribution < -0.4 is 20.5 Å². The molecule has 0 saturated carbocycles. The molecule has 0 aromatic heterocycles. The third-order valence-corrected chi connectivity index (χ3v) is 2.89. The van der Waals surface area contributed by atoms with Crippen molar-refractivity contribution in [1.82, 2.24) is 5.32 Å². The molecule has 0 heterocycles. The van der Waals surface area contributed by atoms with E-state index in [-0.39, 0.29) is 24.0 Å². The molecular formula is C16H28IN3O3. The second-order valence-corrected chi connectivity index (χ2v) is 4.62. The molecule has 23 heavy (non-hydrogen) atoms. The Morgan fingerprint density at radius 2 is 1.83 bits per heavy atom. The van der Waals surface area contributed by atoms with Crippen molar-refractivity contribution in [1.29, 1.82) is 0 Å². The Hall–Kier alpha value is -1.22. The lowest BCUT2D eigenvalue weighted by atomic mass is 10.3. The zero-order valence-electron chi connectivity index (χ0n) is 13.9. The number of aliphatic imine (C=N–C) groups is 1. The number of ether oxygens (including phenoxy) is 3. The fourth-order valence-corrected chi connectivity index (χ4v) is 1.72. The van der Waals surface area contributed by atoms with Crippen LogP contribution in [0, 0.1) is 0 Å². The van der Waals surface area contributed by atoms with Crippen LogP contribution in [0.2, 0.25) is 0 Å². The predicted molar refractivity (Wildman–Crippen MR) is 104 cm³/mol. The number of halogens is 1. The second kappa shape index (κ2) is 14.4. The second-order valence-electron chi connectivity index (χ2n) is 4.62. The highest BCUT2D eigenvalue weighted by atomic mass is 127. The maximum Gasteiger partial charge on any atom is 0.188 e. The number of nitrogens with one attached hydrogen (secondary N) is 1. The van der Waals surface area contributed by atoms with Gasteiger partial charge in [0.25, 0.3) is 0 Å². The Balaban J connectivity index is 0.00000484. The molecule has 132 valence electrons. The van der Waals surface area contributed by atoms with Crippen molar-refractivity contribution in [3.05, 3.63) is 24.3 Å². The van der Waals surface area contributed by atoms with Crippen LogP contribution in [0.25, 0.3) is 0 Å². The molecule has 1 rings (SSSR count). The van der Waals surface area contributed by atoms with Crippen molar-refractivity contribution in [2.75, 3.05) is 40.0 Å². The molecule has 0 amide bonds. The van der Waals surface area contributed by atoms with Gasteiger partial charge in [0, 0.05) is 32.7 Å². The molecule has 0 fully saturated rings. The Morgan fingerprint density at radius 3 is 2.48 bits per heavy atom. The quantitative estimate of drug-likeness (QED) is 0.241. The smallest absolute Gasteiger partial charge is 0.188 e. The van der Waals surface area contributed by atoms with Crippen molar-refractivity contribution in [3.8, 4) is 11.5 Å². The maximum atomic E-state index is 5.76. The van der Waals surface area contributed by atoms with Gasteiger partial charge in [-0.2, -0.15) is 0 Å². The highest BCUT2D eigenvalue weighted by molar-refractivity contribution is 14.0. The van der Waals surface area contributed by atoms with E-state index in [1.54, 1.807) is 7.11 Å². The van der Waals surface area contributed by atoms with E-state index in [4.69, 9.17) is 19.9 Å². The van der Waals surface area contributed by atoms with E-state index in [1.165, 1.54) is 0 Å². The molecule has 3 N–H and O–H groups in total. The van der Waals surface area contributed by atoms with Crippen LogP contribution in [-0.2, 0) is 4.74 Å². The Bertz CT molecular complexity index is 427. The number of hydrogen-bond acceptors (Lipinski definition) is 4. The van der Waals surface area contributed by atoms with Gasteiger partial charge in [-0.1, -0.05) is 0 Å². The lowest BCUT2D eigenvalue weighted by Crippen LogP contribution is -2.33. The van der Waals surface area contributed by atoms with Crippen molar-refractivity contribution in [2.24, 2.45) is 10.7 Å². The number of methoxy groups -OCH3 is 1. The molecule has 1 aromatic rings. The Morgan fingerprint density at radius 1 is 1.13 bits per heavy atom. The van der Waals surface area contributed by atoms with Gasteiger partial charge in [-0.15, -0.1) is 24.0 Å². The number of hydrogen-bond donors (Lipinski definition) is 2. The van der Waals surface area contributed by atoms with E-state index in [9.17, 15) is 0 Å². The van der Waals surface area contributed by atoms with Crippen LogP contribution in [0.15, 0.2) is 29.3 Å². The van der Waals surface area contributed by atoms with E-state index in [2.05, 4.69) is 10.3 Å². The highest BCUT2D eigenvalue weighted by Crippen LogP contribution is 2.16. The van der Waals surface area contributed by atoms with Gasteiger partial charge in [-0.25, -0.2) is 0 Å². The van der Waals surface area contributed by atoms with Crippen LogP contribution in [0.1, 0.15) is 19.8 Å². The topological polar surface area (TPSA) is 78.1 Å². The molecular weight excluding hydrogens is 409 g/mol. The third-order valence-electron chi connectivity index (χ3n) is 2.89. The molecule has 7 heteroatoms. The molecule has 0 aliphatic carbocycles. The summed E-state index contributed by atoms with van der Waals surface area (Å²) in [7, 11) is 1.64. The van der Waals surface area contributed by atoms with Crippen molar-refractivity contribution in [3.63, 3.8) is 0 Å². The molecule has 0 saturated heterocycles. The van der Waals surface area contributed by atoms with E-state index < -0.39 is 0 Å². The van der Waals surface area contributed by atoms with Gasteiger partial charge in [0.15, 0.2) is 5.96 Å². The SMILES string of the molecule is CCOCCCNC(N)=NCCCOc1ccc(OC)cc1.I. The van der Waals surface area contributed by atoms with Crippen molar-refractivity contribution in [2.45, 2.75) is 19.8 Å². The Labute approximate surface area is 155 Å². The maximum absolute atomic E-state index is 5.76. The van der Waals surface area contributed by atoms with Gasteiger partial charge in [-0.3, -0.25) is 4.99 Å². The predicted octanol–water partition coefficient (Wildman–Crippen LogP) is 2.41. The fourth-order valence-electron chi connectivity index (χ4n) is 1.72. The molecule has 0 aliphatic heterocycles. The summed E-state index contributed by atoms with van der Waals surface area (Å²) in [6.07, 6.45) is 1.73. The molecule has 0 radical (unpaired) electrons. The minimum Gasteiger partial charge on any atom is -0.497 e. The molecule has 0 unspecified atom stereocenters. The summed E-state index contributed by atoms with van der Waals surface area (Å²) >= 11 is 0. The van der Waals surface area contributed by atoms with Gasteiger partial charge >= 0.3 is 0 Å². The van der Waals surface area contributed by atoms with E-state index >= 15 is 0 Å². The van der Waals surface area contributed by atoms with E-state index in [0.717, 1.165) is 44.1 Å². The molecule has 1 aromatic carbocycles. The number of nitrogens with two attached hydrogens (primary N) is 1. The third kappa shape index (κ3) is 11.0. The average Bonchev–Trinajstić information content (AvgIpc) is 2.55. The van der Waals surface area contributed by atoms with Crippen molar-refractivity contribution >= 4 is 29.9 Å². The van der Waals surface area contributed by atoms with Gasteiger partial charge in [0.1, 0.15) is 11.5 Å². The summed E-state index contributed by atoms with van der Waals surface area (Å²) in [5.41, 5.74) is 5.76. The minimum absolute atomic E-state index is 0. The first-order chi connectivity index (χ1) is 10.8. The first kappa shape index (κ1) is 21.8.